The molecule has 0 unspecified atom stereocenters. The van der Waals surface area contributed by atoms with Crippen LogP contribution in [0, 0.1) is 0 Å². The molecule has 0 saturated carbocycles. The van der Waals surface area contributed by atoms with Crippen molar-refractivity contribution in [2.75, 3.05) is 0 Å². The summed E-state index contributed by atoms with van der Waals surface area (Å²) in [4.78, 5) is 0. The molecule has 0 aliphatic heterocycles. The SMILES string of the molecule is C/C=C\C=C(/C)[P+](c1ccccc1)(c1ccccc1)c1ccccc1. The van der Waals surface area contributed by atoms with Gasteiger partial charge in [-0.3, -0.25) is 0 Å². The van der Waals surface area contributed by atoms with Crippen molar-refractivity contribution in [1.29, 1.82) is 0 Å². The van der Waals surface area contributed by atoms with Gasteiger partial charge in [-0.1, -0.05) is 66.7 Å². The highest BCUT2D eigenvalue weighted by Gasteiger charge is 2.47. The van der Waals surface area contributed by atoms with E-state index in [-0.39, 0.29) is 0 Å². The van der Waals surface area contributed by atoms with Gasteiger partial charge in [0.25, 0.3) is 0 Å². The molecule has 0 atom stereocenters. The second-order valence-electron chi connectivity index (χ2n) is 6.01. The fraction of sp³-hybridized carbons (Fsp3) is 0.0833. The number of hydrogen-bond donors (Lipinski definition) is 0. The van der Waals surface area contributed by atoms with E-state index in [0.29, 0.717) is 0 Å². The highest BCUT2D eigenvalue weighted by Crippen LogP contribution is 2.62. The van der Waals surface area contributed by atoms with Crippen molar-refractivity contribution in [1.82, 2.24) is 0 Å². The lowest BCUT2D eigenvalue weighted by molar-refractivity contribution is 1.60. The highest BCUT2D eigenvalue weighted by atomic mass is 31.2. The molecular formula is C24H24P+. The van der Waals surface area contributed by atoms with E-state index in [4.69, 9.17) is 0 Å². The highest BCUT2D eigenvalue weighted by molar-refractivity contribution is 7.99. The van der Waals surface area contributed by atoms with Crippen LogP contribution in [0.5, 0.6) is 0 Å². The average Bonchev–Trinajstić information content (AvgIpc) is 2.69. The summed E-state index contributed by atoms with van der Waals surface area (Å²) in [6.45, 7) is 4.35. The van der Waals surface area contributed by atoms with E-state index in [1.165, 1.54) is 21.2 Å². The summed E-state index contributed by atoms with van der Waals surface area (Å²) in [5, 5.41) is 5.59. The van der Waals surface area contributed by atoms with Gasteiger partial charge in [-0.05, 0) is 56.3 Å². The smallest absolute Gasteiger partial charge is 0.0875 e. The molecular weight excluding hydrogens is 319 g/mol. The van der Waals surface area contributed by atoms with Gasteiger partial charge < -0.3 is 0 Å². The first-order chi connectivity index (χ1) is 12.3. The van der Waals surface area contributed by atoms with Gasteiger partial charge in [0.05, 0.1) is 5.31 Å². The molecule has 0 radical (unpaired) electrons. The summed E-state index contributed by atoms with van der Waals surface area (Å²) >= 11 is 0. The molecule has 0 aliphatic rings. The Labute approximate surface area is 151 Å². The molecule has 0 aliphatic carbocycles. The Kier molecular flexibility index (Phi) is 5.64. The Bertz CT molecular complexity index is 750. The van der Waals surface area contributed by atoms with E-state index in [2.05, 4.69) is 123 Å². The van der Waals surface area contributed by atoms with Gasteiger partial charge in [-0.2, -0.15) is 0 Å². The minimum Gasteiger partial charge on any atom is -0.0875 e. The van der Waals surface area contributed by atoms with E-state index < -0.39 is 7.26 Å². The summed E-state index contributed by atoms with van der Waals surface area (Å²) in [6, 6.07) is 32.9. The predicted molar refractivity (Wildman–Crippen MR) is 114 cm³/mol. The Balaban J connectivity index is 2.40. The fourth-order valence-electron chi connectivity index (χ4n) is 3.36. The molecule has 3 aromatic carbocycles. The molecule has 3 aromatic rings. The van der Waals surface area contributed by atoms with Crippen molar-refractivity contribution < 1.29 is 0 Å². The van der Waals surface area contributed by atoms with Gasteiger partial charge in [-0.15, -0.1) is 0 Å². The minimum absolute atomic E-state index is 1.39. The lowest BCUT2D eigenvalue weighted by Gasteiger charge is -2.28. The van der Waals surface area contributed by atoms with Crippen molar-refractivity contribution in [3.63, 3.8) is 0 Å². The molecule has 0 saturated heterocycles. The molecule has 124 valence electrons. The monoisotopic (exact) mass is 343 g/mol. The van der Waals surface area contributed by atoms with Gasteiger partial charge in [0.1, 0.15) is 23.2 Å². The zero-order valence-corrected chi connectivity index (χ0v) is 15.7. The van der Waals surface area contributed by atoms with Gasteiger partial charge in [-0.25, -0.2) is 0 Å². The maximum atomic E-state index is 2.28. The summed E-state index contributed by atoms with van der Waals surface area (Å²) in [5.41, 5.74) is 0. The number of hydrogen-bond acceptors (Lipinski definition) is 0. The Morgan fingerprint density at radius 2 is 1.00 bits per heavy atom. The minimum atomic E-state index is -1.86. The maximum absolute atomic E-state index is 2.28. The largest absolute Gasteiger partial charge is 0.139 e. The van der Waals surface area contributed by atoms with E-state index in [0.717, 1.165) is 0 Å². The maximum Gasteiger partial charge on any atom is 0.139 e. The Morgan fingerprint density at radius 1 is 0.640 bits per heavy atom. The van der Waals surface area contributed by atoms with Crippen LogP contribution in [0.25, 0.3) is 0 Å². The first-order valence-corrected chi connectivity index (χ1v) is 10.4. The molecule has 1 heteroatoms. The van der Waals surface area contributed by atoms with Crippen molar-refractivity contribution in [2.45, 2.75) is 13.8 Å². The van der Waals surface area contributed by atoms with Gasteiger partial charge in [0, 0.05) is 0 Å². The summed E-state index contributed by atoms with van der Waals surface area (Å²) in [6.07, 6.45) is 6.53. The van der Waals surface area contributed by atoms with Crippen molar-refractivity contribution in [2.24, 2.45) is 0 Å². The van der Waals surface area contributed by atoms with E-state index in [1.54, 1.807) is 0 Å². The zero-order valence-electron chi connectivity index (χ0n) is 14.8. The summed E-state index contributed by atoms with van der Waals surface area (Å²) in [7, 11) is -1.86. The molecule has 3 rings (SSSR count). The second kappa shape index (κ2) is 8.10. The van der Waals surface area contributed by atoms with Crippen molar-refractivity contribution in [3.05, 3.63) is 115 Å². The topological polar surface area (TPSA) is 0 Å². The molecule has 0 nitrogen and oxygen atoms in total. The van der Waals surface area contributed by atoms with Crippen LogP contribution in [0.4, 0.5) is 0 Å². The van der Waals surface area contributed by atoms with Gasteiger partial charge >= 0.3 is 0 Å². The third kappa shape index (κ3) is 3.36. The molecule has 0 heterocycles. The van der Waals surface area contributed by atoms with Crippen LogP contribution in [-0.2, 0) is 0 Å². The van der Waals surface area contributed by atoms with Gasteiger partial charge in [0.2, 0.25) is 0 Å². The van der Waals surface area contributed by atoms with E-state index >= 15 is 0 Å². The average molecular weight is 343 g/mol. The first-order valence-electron chi connectivity index (χ1n) is 8.66. The van der Waals surface area contributed by atoms with Crippen LogP contribution in [0.1, 0.15) is 13.8 Å². The molecule has 0 spiro atoms. The quantitative estimate of drug-likeness (QED) is 0.426. The summed E-state index contributed by atoms with van der Waals surface area (Å²) in [5.74, 6) is 0. The van der Waals surface area contributed by atoms with Crippen LogP contribution < -0.4 is 15.9 Å². The Hall–Kier alpha value is -2.43. The standard InChI is InChI=1S/C24H24P/c1-3-4-14-21(2)25(22-15-8-5-9-16-22,23-17-10-6-11-18-23)24-19-12-7-13-20-24/h3-20H,1-2H3/q+1/b4-3-,21-14+. The van der Waals surface area contributed by atoms with Crippen LogP contribution in [-0.4, -0.2) is 0 Å². The molecule has 0 fully saturated rings. The van der Waals surface area contributed by atoms with Crippen LogP contribution in [0.3, 0.4) is 0 Å². The van der Waals surface area contributed by atoms with E-state index in [9.17, 15) is 0 Å². The van der Waals surface area contributed by atoms with Crippen LogP contribution >= 0.6 is 7.26 Å². The van der Waals surface area contributed by atoms with Crippen LogP contribution in [0.2, 0.25) is 0 Å². The molecule has 0 amide bonds. The number of allylic oxidation sites excluding steroid dienone is 4. The second-order valence-corrected chi connectivity index (χ2v) is 9.61. The molecule has 0 N–H and O–H groups in total. The summed E-state index contributed by atoms with van der Waals surface area (Å²) < 4.78 is 0. The molecule has 0 bridgehead atoms. The van der Waals surface area contributed by atoms with Crippen molar-refractivity contribution >= 4 is 23.2 Å². The Morgan fingerprint density at radius 3 is 1.32 bits per heavy atom. The van der Waals surface area contributed by atoms with E-state index in [1.807, 2.05) is 0 Å². The fourth-order valence-corrected chi connectivity index (χ4v) is 7.64. The lowest BCUT2D eigenvalue weighted by atomic mass is 10.3. The van der Waals surface area contributed by atoms with Crippen LogP contribution in [0.15, 0.2) is 115 Å². The van der Waals surface area contributed by atoms with Gasteiger partial charge in [0.15, 0.2) is 0 Å². The van der Waals surface area contributed by atoms with Crippen molar-refractivity contribution in [3.8, 4) is 0 Å². The third-order valence-corrected chi connectivity index (χ3v) is 8.91. The first kappa shape index (κ1) is 17.4. The predicted octanol–water partition coefficient (Wildman–Crippen LogP) is 5.46. The number of rotatable bonds is 5. The molecule has 25 heavy (non-hydrogen) atoms. The number of benzene rings is 3. The lowest BCUT2D eigenvalue weighted by Crippen LogP contribution is -2.31. The molecule has 0 aromatic heterocycles. The zero-order chi connectivity index (χ0) is 17.5. The third-order valence-electron chi connectivity index (χ3n) is 4.49. The normalized spacial score (nSPS) is 12.5.